The molecule has 0 saturated heterocycles. The van der Waals surface area contributed by atoms with Crippen LogP contribution in [0.2, 0.25) is 0 Å². The number of sulfonamides is 1. The number of amides is 1. The van der Waals surface area contributed by atoms with Crippen molar-refractivity contribution in [3.63, 3.8) is 0 Å². The third kappa shape index (κ3) is 5.06. The number of hydrogen-bond donors (Lipinski definition) is 1. The number of hydrogen-bond acceptors (Lipinski definition) is 5. The van der Waals surface area contributed by atoms with Gasteiger partial charge in [-0.2, -0.15) is 5.10 Å². The van der Waals surface area contributed by atoms with Gasteiger partial charge in [0.15, 0.2) is 0 Å². The summed E-state index contributed by atoms with van der Waals surface area (Å²) in [4.78, 5) is 13.3. The largest absolute Gasteiger partial charge is 0.271 e. The summed E-state index contributed by atoms with van der Waals surface area (Å²) < 4.78 is 28.1. The second-order valence-electron chi connectivity index (χ2n) is 5.61. The molecule has 0 radical (unpaired) electrons. The molecule has 0 aliphatic heterocycles. The number of halogens is 1. The Kier molecular flexibility index (Phi) is 6.61. The fourth-order valence-electron chi connectivity index (χ4n) is 2.34. The number of carbonyl (C=O) groups is 1. The maximum atomic E-state index is 13.1. The summed E-state index contributed by atoms with van der Waals surface area (Å²) in [6.07, 6.45) is 1.51. The first-order valence-corrected chi connectivity index (χ1v) is 11.3. The smallest absolute Gasteiger partial charge is 0.264 e. The molecule has 1 N–H and O–H groups in total. The SMILES string of the molecule is O=C(CN(c1ccc(Br)cc1)S(=O)(=O)c1ccccc1)N/N=C/c1cccs1. The number of carbonyl (C=O) groups excluding carboxylic acids is 1. The summed E-state index contributed by atoms with van der Waals surface area (Å²) in [5.41, 5.74) is 2.76. The van der Waals surface area contributed by atoms with Gasteiger partial charge in [0.25, 0.3) is 15.9 Å². The third-order valence-corrected chi connectivity index (χ3v) is 6.78. The molecule has 0 fully saturated rings. The standard InChI is InChI=1S/C19H16BrN3O3S2/c20-15-8-10-16(11-9-15)23(28(25,26)18-6-2-1-3-7-18)14-19(24)22-21-13-17-5-4-12-27-17/h1-13H,14H2,(H,22,24)/b21-13+. The van der Waals surface area contributed by atoms with Crippen LogP contribution in [0.15, 0.2) is 86.6 Å². The minimum atomic E-state index is -3.92. The van der Waals surface area contributed by atoms with Gasteiger partial charge >= 0.3 is 0 Å². The first kappa shape index (κ1) is 20.2. The number of nitrogens with zero attached hydrogens (tertiary/aromatic N) is 2. The Morgan fingerprint density at radius 1 is 1.07 bits per heavy atom. The van der Waals surface area contributed by atoms with Crippen molar-refractivity contribution >= 4 is 55.1 Å². The topological polar surface area (TPSA) is 78.8 Å². The molecule has 0 unspecified atom stereocenters. The average Bonchev–Trinajstić information content (AvgIpc) is 3.21. The summed E-state index contributed by atoms with van der Waals surface area (Å²) in [5.74, 6) is -0.546. The molecule has 0 aliphatic carbocycles. The van der Waals surface area contributed by atoms with Gasteiger partial charge in [0.2, 0.25) is 0 Å². The van der Waals surface area contributed by atoms with Gasteiger partial charge in [0.1, 0.15) is 6.54 Å². The Hall–Kier alpha value is -2.49. The van der Waals surface area contributed by atoms with Crippen molar-refractivity contribution in [1.29, 1.82) is 0 Å². The van der Waals surface area contributed by atoms with E-state index >= 15 is 0 Å². The first-order chi connectivity index (χ1) is 13.5. The van der Waals surface area contributed by atoms with E-state index in [1.165, 1.54) is 29.7 Å². The molecule has 0 bridgehead atoms. The highest BCUT2D eigenvalue weighted by molar-refractivity contribution is 9.10. The van der Waals surface area contributed by atoms with Gasteiger partial charge in [-0.05, 0) is 47.8 Å². The lowest BCUT2D eigenvalue weighted by Gasteiger charge is -2.23. The molecule has 1 amide bonds. The number of anilines is 1. The van der Waals surface area contributed by atoms with E-state index in [9.17, 15) is 13.2 Å². The van der Waals surface area contributed by atoms with E-state index in [1.807, 2.05) is 17.5 Å². The number of hydrazone groups is 1. The highest BCUT2D eigenvalue weighted by atomic mass is 79.9. The maximum Gasteiger partial charge on any atom is 0.264 e. The Morgan fingerprint density at radius 3 is 2.43 bits per heavy atom. The fraction of sp³-hybridized carbons (Fsp3) is 0.0526. The molecule has 144 valence electrons. The monoisotopic (exact) mass is 477 g/mol. The molecule has 0 saturated carbocycles. The minimum absolute atomic E-state index is 0.104. The van der Waals surface area contributed by atoms with Crippen molar-refractivity contribution in [3.05, 3.63) is 81.5 Å². The summed E-state index contributed by atoms with van der Waals surface area (Å²) in [5, 5.41) is 5.78. The lowest BCUT2D eigenvalue weighted by Crippen LogP contribution is -2.39. The molecular weight excluding hydrogens is 462 g/mol. The van der Waals surface area contributed by atoms with Crippen molar-refractivity contribution in [2.75, 3.05) is 10.8 Å². The highest BCUT2D eigenvalue weighted by Gasteiger charge is 2.27. The van der Waals surface area contributed by atoms with Gasteiger partial charge < -0.3 is 0 Å². The summed E-state index contributed by atoms with van der Waals surface area (Å²) in [6, 6.07) is 18.4. The number of thiophene rings is 1. The van der Waals surface area contributed by atoms with Gasteiger partial charge in [0.05, 0.1) is 16.8 Å². The molecule has 9 heteroatoms. The second kappa shape index (κ2) is 9.13. The van der Waals surface area contributed by atoms with Crippen LogP contribution in [0.25, 0.3) is 0 Å². The Labute approximate surface area is 175 Å². The zero-order valence-electron chi connectivity index (χ0n) is 14.5. The van der Waals surface area contributed by atoms with Gasteiger partial charge in [0, 0.05) is 9.35 Å². The fourth-order valence-corrected chi connectivity index (χ4v) is 4.63. The number of benzene rings is 2. The summed E-state index contributed by atoms with van der Waals surface area (Å²) in [7, 11) is -3.92. The third-order valence-electron chi connectivity index (χ3n) is 3.66. The van der Waals surface area contributed by atoms with Crippen molar-refractivity contribution in [2.24, 2.45) is 5.10 Å². The van der Waals surface area contributed by atoms with Gasteiger partial charge in [-0.1, -0.05) is 40.2 Å². The van der Waals surface area contributed by atoms with Crippen LogP contribution in [-0.2, 0) is 14.8 Å². The van der Waals surface area contributed by atoms with Crippen molar-refractivity contribution in [2.45, 2.75) is 4.90 Å². The van der Waals surface area contributed by atoms with Crippen LogP contribution in [0.1, 0.15) is 4.88 Å². The molecule has 3 rings (SSSR count). The quantitative estimate of drug-likeness (QED) is 0.414. The van der Waals surface area contributed by atoms with Crippen LogP contribution in [0.3, 0.4) is 0 Å². The maximum absolute atomic E-state index is 13.1. The molecule has 1 aromatic heterocycles. The van der Waals surface area contributed by atoms with Crippen LogP contribution in [0.4, 0.5) is 5.69 Å². The Balaban J connectivity index is 1.84. The van der Waals surface area contributed by atoms with Gasteiger partial charge in [-0.3, -0.25) is 9.10 Å². The molecule has 1 heterocycles. The Bertz CT molecular complexity index is 1050. The van der Waals surface area contributed by atoms with E-state index in [4.69, 9.17) is 0 Å². The van der Waals surface area contributed by atoms with E-state index < -0.39 is 22.5 Å². The van der Waals surface area contributed by atoms with E-state index in [0.29, 0.717) is 5.69 Å². The lowest BCUT2D eigenvalue weighted by molar-refractivity contribution is -0.119. The minimum Gasteiger partial charge on any atom is -0.271 e. The van der Waals surface area contributed by atoms with E-state index in [-0.39, 0.29) is 4.90 Å². The van der Waals surface area contributed by atoms with E-state index in [2.05, 4.69) is 26.5 Å². The molecule has 2 aromatic carbocycles. The second-order valence-corrected chi connectivity index (χ2v) is 9.37. The first-order valence-electron chi connectivity index (χ1n) is 8.15. The van der Waals surface area contributed by atoms with Crippen LogP contribution in [0, 0.1) is 0 Å². The average molecular weight is 478 g/mol. The molecule has 0 atom stereocenters. The molecule has 6 nitrogen and oxygen atoms in total. The van der Waals surface area contributed by atoms with Crippen molar-refractivity contribution < 1.29 is 13.2 Å². The van der Waals surface area contributed by atoms with Crippen molar-refractivity contribution in [3.8, 4) is 0 Å². The molecule has 0 spiro atoms. The normalized spacial score (nSPS) is 11.5. The van der Waals surface area contributed by atoms with E-state index in [0.717, 1.165) is 13.7 Å². The number of rotatable bonds is 7. The molecule has 3 aromatic rings. The zero-order chi connectivity index (χ0) is 20.0. The predicted octanol–water partition coefficient (Wildman–Crippen LogP) is 3.86. The molecule has 0 aliphatic rings. The predicted molar refractivity (Wildman–Crippen MR) is 115 cm³/mol. The van der Waals surface area contributed by atoms with Crippen LogP contribution in [-0.4, -0.2) is 27.1 Å². The lowest BCUT2D eigenvalue weighted by atomic mass is 10.3. The molecule has 28 heavy (non-hydrogen) atoms. The van der Waals surface area contributed by atoms with Crippen molar-refractivity contribution in [1.82, 2.24) is 5.43 Å². The van der Waals surface area contributed by atoms with Crippen LogP contribution < -0.4 is 9.73 Å². The van der Waals surface area contributed by atoms with Gasteiger partial charge in [-0.25, -0.2) is 13.8 Å². The molecular formula is C19H16BrN3O3S2. The Morgan fingerprint density at radius 2 is 1.79 bits per heavy atom. The summed E-state index contributed by atoms with van der Waals surface area (Å²) >= 11 is 4.81. The number of nitrogens with one attached hydrogen (secondary N) is 1. The van der Waals surface area contributed by atoms with Crippen LogP contribution in [0.5, 0.6) is 0 Å². The van der Waals surface area contributed by atoms with Crippen LogP contribution >= 0.6 is 27.3 Å². The van der Waals surface area contributed by atoms with Gasteiger partial charge in [-0.15, -0.1) is 11.3 Å². The zero-order valence-corrected chi connectivity index (χ0v) is 17.7. The highest BCUT2D eigenvalue weighted by Crippen LogP contribution is 2.25. The summed E-state index contributed by atoms with van der Waals surface area (Å²) in [6.45, 7) is -0.402. The van der Waals surface area contributed by atoms with E-state index in [1.54, 1.807) is 42.5 Å².